The smallest absolute Gasteiger partial charge is 0.246 e. The average molecular weight is 351 g/mol. The van der Waals surface area contributed by atoms with E-state index < -0.39 is 0 Å². The van der Waals surface area contributed by atoms with Crippen molar-refractivity contribution in [2.45, 2.75) is 52.0 Å². The highest BCUT2D eigenvalue weighted by molar-refractivity contribution is 5.83. The molecule has 6 rings (SSSR count). The van der Waals surface area contributed by atoms with Crippen molar-refractivity contribution in [3.05, 3.63) is 35.7 Å². The largest absolute Gasteiger partial charge is 0.347 e. The van der Waals surface area contributed by atoms with Gasteiger partial charge in [-0.3, -0.25) is 4.79 Å². The van der Waals surface area contributed by atoms with E-state index in [1.54, 1.807) is 0 Å². The zero-order valence-corrected chi connectivity index (χ0v) is 15.2. The summed E-state index contributed by atoms with van der Waals surface area (Å²) < 4.78 is 5.34. The summed E-state index contributed by atoms with van der Waals surface area (Å²) >= 11 is 0. The lowest BCUT2D eigenvalue weighted by Crippen LogP contribution is -2.53. The minimum absolute atomic E-state index is 0.130. The summed E-state index contributed by atoms with van der Waals surface area (Å²) in [5.74, 6) is 3.55. The number of carbonyl (C=O) groups excluding carboxylic acids is 1. The van der Waals surface area contributed by atoms with Gasteiger partial charge in [0.15, 0.2) is 0 Å². The third kappa shape index (κ3) is 2.74. The van der Waals surface area contributed by atoms with Gasteiger partial charge in [-0.15, -0.1) is 0 Å². The summed E-state index contributed by atoms with van der Waals surface area (Å²) in [5, 5.41) is 7.14. The van der Waals surface area contributed by atoms with E-state index in [0.29, 0.717) is 18.3 Å². The number of nitrogens with zero attached hydrogens (tertiary/aromatic N) is 2. The molecule has 2 aromatic rings. The van der Waals surface area contributed by atoms with Crippen LogP contribution in [0.4, 0.5) is 0 Å². The minimum Gasteiger partial charge on any atom is -0.347 e. The number of hydrogen-bond donors (Lipinski definition) is 1. The van der Waals surface area contributed by atoms with Gasteiger partial charge in [-0.25, -0.2) is 0 Å². The van der Waals surface area contributed by atoms with E-state index in [4.69, 9.17) is 4.52 Å². The zero-order chi connectivity index (χ0) is 17.7. The van der Waals surface area contributed by atoms with Crippen molar-refractivity contribution in [1.82, 2.24) is 15.5 Å². The Morgan fingerprint density at radius 1 is 1.12 bits per heavy atom. The Balaban J connectivity index is 1.25. The molecular weight excluding hydrogens is 326 g/mol. The number of aromatic nitrogens is 2. The second-order valence-corrected chi connectivity index (χ2v) is 8.76. The predicted molar refractivity (Wildman–Crippen MR) is 96.9 cm³/mol. The number of nitrogens with one attached hydrogen (secondary N) is 1. The molecule has 4 fully saturated rings. The van der Waals surface area contributed by atoms with Crippen molar-refractivity contribution in [2.75, 3.05) is 0 Å². The zero-order valence-electron chi connectivity index (χ0n) is 15.2. The number of benzene rings is 1. The van der Waals surface area contributed by atoms with Gasteiger partial charge in [-0.1, -0.05) is 35.0 Å². The van der Waals surface area contributed by atoms with Gasteiger partial charge in [0.2, 0.25) is 17.6 Å². The monoisotopic (exact) mass is 351 g/mol. The first-order chi connectivity index (χ1) is 12.6. The summed E-state index contributed by atoms with van der Waals surface area (Å²) in [6.07, 6.45) is 7.25. The first-order valence-electron chi connectivity index (χ1n) is 9.78. The fourth-order valence-corrected chi connectivity index (χ4v) is 5.88. The molecule has 1 amide bonds. The molecule has 0 radical (unpaired) electrons. The van der Waals surface area contributed by atoms with Crippen LogP contribution in [0.15, 0.2) is 28.8 Å². The summed E-state index contributed by atoms with van der Waals surface area (Å²) in [4.78, 5) is 17.4. The molecule has 1 aromatic carbocycles. The molecule has 26 heavy (non-hydrogen) atoms. The molecule has 0 spiro atoms. The van der Waals surface area contributed by atoms with Crippen molar-refractivity contribution in [2.24, 2.45) is 23.2 Å². The standard InChI is InChI=1S/C21H25N3O2/c1-13-2-4-17(5-3-13)19-23-18(26-24-19)12-22-20(25)21-9-14-6-15(10-21)8-16(7-14)11-21/h2-5,14-16H,6-12H2,1H3,(H,22,25). The molecule has 1 N–H and O–H groups in total. The van der Waals surface area contributed by atoms with Crippen molar-refractivity contribution in [3.8, 4) is 11.4 Å². The normalized spacial score (nSPS) is 32.0. The van der Waals surface area contributed by atoms with Crippen molar-refractivity contribution in [1.29, 1.82) is 0 Å². The van der Waals surface area contributed by atoms with Crippen LogP contribution in [-0.4, -0.2) is 16.0 Å². The van der Waals surface area contributed by atoms with Gasteiger partial charge in [-0.05, 0) is 63.2 Å². The Kier molecular flexibility index (Phi) is 3.66. The van der Waals surface area contributed by atoms with E-state index in [2.05, 4.69) is 15.5 Å². The van der Waals surface area contributed by atoms with Gasteiger partial charge in [0, 0.05) is 11.0 Å². The highest BCUT2D eigenvalue weighted by atomic mass is 16.5. The van der Waals surface area contributed by atoms with Gasteiger partial charge < -0.3 is 9.84 Å². The maximum absolute atomic E-state index is 13.0. The summed E-state index contributed by atoms with van der Waals surface area (Å²) in [5.41, 5.74) is 1.99. The van der Waals surface area contributed by atoms with E-state index >= 15 is 0 Å². The molecule has 5 nitrogen and oxygen atoms in total. The van der Waals surface area contributed by atoms with Crippen LogP contribution in [0.3, 0.4) is 0 Å². The lowest BCUT2D eigenvalue weighted by molar-refractivity contribution is -0.146. The lowest BCUT2D eigenvalue weighted by Gasteiger charge is -2.55. The molecule has 4 saturated carbocycles. The van der Waals surface area contributed by atoms with E-state index in [1.807, 2.05) is 31.2 Å². The lowest BCUT2D eigenvalue weighted by atomic mass is 9.49. The minimum atomic E-state index is -0.130. The van der Waals surface area contributed by atoms with Crippen LogP contribution in [0.25, 0.3) is 11.4 Å². The van der Waals surface area contributed by atoms with Gasteiger partial charge in [0.1, 0.15) is 0 Å². The highest BCUT2D eigenvalue weighted by Crippen LogP contribution is 2.60. The first kappa shape index (κ1) is 16.0. The third-order valence-corrected chi connectivity index (χ3v) is 6.70. The number of rotatable bonds is 4. The van der Waals surface area contributed by atoms with Gasteiger partial charge >= 0.3 is 0 Å². The van der Waals surface area contributed by atoms with Crippen LogP contribution in [0.1, 0.15) is 50.0 Å². The number of hydrogen-bond acceptors (Lipinski definition) is 4. The SMILES string of the molecule is Cc1ccc(-c2noc(CNC(=O)C34CC5CC(CC(C5)C3)C4)n2)cc1. The van der Waals surface area contributed by atoms with E-state index in [9.17, 15) is 4.79 Å². The number of aryl methyl sites for hydroxylation is 1. The Morgan fingerprint density at radius 2 is 1.73 bits per heavy atom. The Morgan fingerprint density at radius 3 is 2.35 bits per heavy atom. The van der Waals surface area contributed by atoms with E-state index in [-0.39, 0.29) is 11.3 Å². The molecule has 0 saturated heterocycles. The second-order valence-electron chi connectivity index (χ2n) is 8.76. The van der Waals surface area contributed by atoms with Gasteiger partial charge in [0.05, 0.1) is 6.54 Å². The Bertz CT molecular complexity index is 789. The summed E-state index contributed by atoms with van der Waals surface area (Å²) in [7, 11) is 0. The molecule has 4 aliphatic rings. The topological polar surface area (TPSA) is 68.0 Å². The molecule has 136 valence electrons. The van der Waals surface area contributed by atoms with Gasteiger partial charge in [-0.2, -0.15) is 4.98 Å². The third-order valence-electron chi connectivity index (χ3n) is 6.70. The Hall–Kier alpha value is -2.17. The van der Waals surface area contributed by atoms with E-state index in [1.165, 1.54) is 24.8 Å². The van der Waals surface area contributed by atoms with Crippen molar-refractivity contribution in [3.63, 3.8) is 0 Å². The van der Waals surface area contributed by atoms with Crippen LogP contribution in [-0.2, 0) is 11.3 Å². The predicted octanol–water partition coefficient (Wildman–Crippen LogP) is 3.88. The molecule has 0 atom stereocenters. The average Bonchev–Trinajstić information content (AvgIpc) is 3.08. The molecule has 1 aromatic heterocycles. The molecular formula is C21H25N3O2. The van der Waals surface area contributed by atoms with Gasteiger partial charge in [0.25, 0.3) is 0 Å². The number of amides is 1. The van der Waals surface area contributed by atoms with E-state index in [0.717, 1.165) is 42.6 Å². The summed E-state index contributed by atoms with van der Waals surface area (Å²) in [6, 6.07) is 8.02. The Labute approximate surface area is 153 Å². The highest BCUT2D eigenvalue weighted by Gasteiger charge is 2.54. The van der Waals surface area contributed by atoms with Crippen LogP contribution in [0.2, 0.25) is 0 Å². The van der Waals surface area contributed by atoms with Crippen molar-refractivity contribution >= 4 is 5.91 Å². The maximum Gasteiger partial charge on any atom is 0.246 e. The van der Waals surface area contributed by atoms with Crippen LogP contribution < -0.4 is 5.32 Å². The van der Waals surface area contributed by atoms with Crippen LogP contribution in [0, 0.1) is 30.1 Å². The van der Waals surface area contributed by atoms with Crippen LogP contribution >= 0.6 is 0 Å². The molecule has 1 heterocycles. The quantitative estimate of drug-likeness (QED) is 0.908. The second kappa shape index (κ2) is 5.93. The molecule has 5 heteroatoms. The van der Waals surface area contributed by atoms with Crippen LogP contribution in [0.5, 0.6) is 0 Å². The fourth-order valence-electron chi connectivity index (χ4n) is 5.88. The molecule has 4 bridgehead atoms. The summed E-state index contributed by atoms with van der Waals surface area (Å²) in [6.45, 7) is 2.37. The number of carbonyl (C=O) groups is 1. The molecule has 0 unspecified atom stereocenters. The first-order valence-corrected chi connectivity index (χ1v) is 9.78. The fraction of sp³-hybridized carbons (Fsp3) is 0.571. The van der Waals surface area contributed by atoms with Crippen molar-refractivity contribution < 1.29 is 9.32 Å². The molecule has 4 aliphatic carbocycles. The maximum atomic E-state index is 13.0. The molecule has 0 aliphatic heterocycles.